The average molecular weight is 190 g/mol. The highest BCUT2D eigenvalue weighted by molar-refractivity contribution is 5.98. The van der Waals surface area contributed by atoms with Gasteiger partial charge in [0.2, 0.25) is 0 Å². The Bertz CT molecular complexity index is 355. The van der Waals surface area contributed by atoms with E-state index in [-0.39, 0.29) is 0 Å². The zero-order valence-corrected chi connectivity index (χ0v) is 8.20. The van der Waals surface area contributed by atoms with Gasteiger partial charge in [-0.3, -0.25) is 9.98 Å². The van der Waals surface area contributed by atoms with E-state index in [4.69, 9.17) is 5.84 Å². The maximum absolute atomic E-state index is 5.42. The second-order valence-corrected chi connectivity index (χ2v) is 3.60. The van der Waals surface area contributed by atoms with Gasteiger partial charge in [-0.1, -0.05) is 0 Å². The Labute approximate surface area is 83.2 Å². The predicted octanol–water partition coefficient (Wildman–Crippen LogP) is 0.762. The largest absolute Gasteiger partial charge is 0.308 e. The van der Waals surface area contributed by atoms with Crippen LogP contribution in [-0.2, 0) is 0 Å². The van der Waals surface area contributed by atoms with Crippen molar-refractivity contribution in [1.29, 1.82) is 0 Å². The van der Waals surface area contributed by atoms with Crippen LogP contribution in [0, 0.1) is 6.92 Å². The monoisotopic (exact) mass is 190 g/mol. The maximum Gasteiger partial charge on any atom is 0.144 e. The van der Waals surface area contributed by atoms with E-state index in [0.717, 1.165) is 17.0 Å². The van der Waals surface area contributed by atoms with E-state index in [1.807, 2.05) is 19.2 Å². The number of nitrogens with two attached hydrogens (primary N) is 1. The topological polar surface area (TPSA) is 63.3 Å². The van der Waals surface area contributed by atoms with Crippen molar-refractivity contribution in [2.45, 2.75) is 25.8 Å². The Balaban J connectivity index is 2.26. The standard InChI is InChI=1S/C10H14N4/c1-7-4-8(6-12-5-7)10(14-11)13-9-2-3-9/h4-6,9H,2-3,11H2,1H3,(H,13,14). The second kappa shape index (κ2) is 3.75. The van der Waals surface area contributed by atoms with Crippen molar-refractivity contribution in [1.82, 2.24) is 10.4 Å². The van der Waals surface area contributed by atoms with Gasteiger partial charge in [0.25, 0.3) is 0 Å². The number of hydrogen-bond donors (Lipinski definition) is 2. The molecule has 74 valence electrons. The van der Waals surface area contributed by atoms with E-state index in [1.54, 1.807) is 6.20 Å². The lowest BCUT2D eigenvalue weighted by molar-refractivity contribution is 0.968. The highest BCUT2D eigenvalue weighted by Crippen LogP contribution is 2.24. The summed E-state index contributed by atoms with van der Waals surface area (Å²) in [5.41, 5.74) is 4.70. The van der Waals surface area contributed by atoms with Gasteiger partial charge in [-0.2, -0.15) is 0 Å². The first-order chi connectivity index (χ1) is 6.79. The molecule has 4 nitrogen and oxygen atoms in total. The van der Waals surface area contributed by atoms with Gasteiger partial charge in [0.1, 0.15) is 5.84 Å². The number of hydrogen-bond acceptors (Lipinski definition) is 3. The zero-order chi connectivity index (χ0) is 9.97. The molecule has 0 aromatic carbocycles. The van der Waals surface area contributed by atoms with Crippen LogP contribution in [-0.4, -0.2) is 16.9 Å². The number of amidine groups is 1. The van der Waals surface area contributed by atoms with Crippen LogP contribution in [0.1, 0.15) is 24.0 Å². The Hall–Kier alpha value is -1.42. The lowest BCUT2D eigenvalue weighted by atomic mass is 10.2. The molecule has 0 unspecified atom stereocenters. The number of nitrogens with zero attached hydrogens (tertiary/aromatic N) is 2. The molecule has 0 saturated heterocycles. The first kappa shape index (κ1) is 9.15. The molecule has 14 heavy (non-hydrogen) atoms. The summed E-state index contributed by atoms with van der Waals surface area (Å²) in [6, 6.07) is 2.48. The molecular formula is C10H14N4. The van der Waals surface area contributed by atoms with Crippen LogP contribution in [0.15, 0.2) is 23.5 Å². The molecule has 0 bridgehead atoms. The maximum atomic E-state index is 5.42. The number of aliphatic imine (C=N–C) groups is 1. The summed E-state index contributed by atoms with van der Waals surface area (Å²) in [4.78, 5) is 8.56. The molecule has 2 rings (SSSR count). The molecule has 3 N–H and O–H groups in total. The predicted molar refractivity (Wildman–Crippen MR) is 55.9 cm³/mol. The Morgan fingerprint density at radius 3 is 2.93 bits per heavy atom. The smallest absolute Gasteiger partial charge is 0.144 e. The van der Waals surface area contributed by atoms with Crippen LogP contribution in [0.3, 0.4) is 0 Å². The van der Waals surface area contributed by atoms with Crippen LogP contribution in [0.4, 0.5) is 0 Å². The van der Waals surface area contributed by atoms with Crippen molar-refractivity contribution < 1.29 is 0 Å². The Morgan fingerprint density at radius 2 is 2.36 bits per heavy atom. The van der Waals surface area contributed by atoms with Crippen molar-refractivity contribution in [2.75, 3.05) is 0 Å². The van der Waals surface area contributed by atoms with E-state index in [1.165, 1.54) is 12.8 Å². The summed E-state index contributed by atoms with van der Waals surface area (Å²) in [6.45, 7) is 2.00. The normalized spacial score (nSPS) is 16.9. The van der Waals surface area contributed by atoms with Crippen molar-refractivity contribution in [2.24, 2.45) is 10.8 Å². The first-order valence-corrected chi connectivity index (χ1v) is 4.76. The van der Waals surface area contributed by atoms with E-state index in [9.17, 15) is 0 Å². The number of aryl methyl sites for hydroxylation is 1. The third kappa shape index (κ3) is 2.09. The Kier molecular flexibility index (Phi) is 2.45. The summed E-state index contributed by atoms with van der Waals surface area (Å²) < 4.78 is 0. The van der Waals surface area contributed by atoms with E-state index < -0.39 is 0 Å². The lowest BCUT2D eigenvalue weighted by Crippen LogP contribution is -2.31. The van der Waals surface area contributed by atoms with Crippen LogP contribution in [0.5, 0.6) is 0 Å². The fourth-order valence-electron chi connectivity index (χ4n) is 1.27. The number of aromatic nitrogens is 1. The van der Waals surface area contributed by atoms with Crippen LogP contribution in [0.2, 0.25) is 0 Å². The number of nitrogens with one attached hydrogen (secondary N) is 1. The van der Waals surface area contributed by atoms with Gasteiger partial charge in [-0.05, 0) is 31.4 Å². The molecule has 1 heterocycles. The minimum atomic E-state index is 0.460. The summed E-state index contributed by atoms with van der Waals surface area (Å²) in [7, 11) is 0. The first-order valence-electron chi connectivity index (χ1n) is 4.76. The van der Waals surface area contributed by atoms with Gasteiger partial charge < -0.3 is 5.43 Å². The summed E-state index contributed by atoms with van der Waals surface area (Å²) in [5, 5.41) is 0. The van der Waals surface area contributed by atoms with Gasteiger partial charge in [0, 0.05) is 18.0 Å². The number of hydrazine groups is 1. The fraction of sp³-hybridized carbons (Fsp3) is 0.400. The summed E-state index contributed by atoms with van der Waals surface area (Å²) in [6.07, 6.45) is 5.93. The second-order valence-electron chi connectivity index (χ2n) is 3.60. The van der Waals surface area contributed by atoms with Crippen molar-refractivity contribution in [3.63, 3.8) is 0 Å². The lowest BCUT2D eigenvalue weighted by Gasteiger charge is -2.05. The molecular weight excluding hydrogens is 176 g/mol. The molecule has 1 aliphatic rings. The van der Waals surface area contributed by atoms with Gasteiger partial charge in [-0.25, -0.2) is 5.84 Å². The Morgan fingerprint density at radius 1 is 1.57 bits per heavy atom. The highest BCUT2D eigenvalue weighted by atomic mass is 15.3. The quantitative estimate of drug-likeness (QED) is 0.313. The molecule has 1 aromatic heterocycles. The average Bonchev–Trinajstić information content (AvgIpc) is 2.98. The molecule has 1 saturated carbocycles. The van der Waals surface area contributed by atoms with Crippen LogP contribution >= 0.6 is 0 Å². The molecule has 1 aromatic rings. The van der Waals surface area contributed by atoms with Crippen LogP contribution in [0.25, 0.3) is 0 Å². The molecule has 0 atom stereocenters. The molecule has 1 fully saturated rings. The van der Waals surface area contributed by atoms with Crippen molar-refractivity contribution in [3.8, 4) is 0 Å². The van der Waals surface area contributed by atoms with Gasteiger partial charge in [0.05, 0.1) is 6.04 Å². The summed E-state index contributed by atoms with van der Waals surface area (Å²) in [5.74, 6) is 6.16. The van der Waals surface area contributed by atoms with E-state index >= 15 is 0 Å². The highest BCUT2D eigenvalue weighted by Gasteiger charge is 2.21. The van der Waals surface area contributed by atoms with E-state index in [0.29, 0.717) is 6.04 Å². The van der Waals surface area contributed by atoms with Gasteiger partial charge >= 0.3 is 0 Å². The van der Waals surface area contributed by atoms with Crippen LogP contribution < -0.4 is 11.3 Å². The SMILES string of the molecule is Cc1cncc(C(=NC2CC2)NN)c1. The fourth-order valence-corrected chi connectivity index (χ4v) is 1.27. The number of rotatable bonds is 2. The minimum Gasteiger partial charge on any atom is -0.308 e. The zero-order valence-electron chi connectivity index (χ0n) is 8.20. The van der Waals surface area contributed by atoms with Gasteiger partial charge in [-0.15, -0.1) is 0 Å². The third-order valence-corrected chi connectivity index (χ3v) is 2.14. The van der Waals surface area contributed by atoms with Gasteiger partial charge in [0.15, 0.2) is 0 Å². The molecule has 0 radical (unpaired) electrons. The third-order valence-electron chi connectivity index (χ3n) is 2.14. The van der Waals surface area contributed by atoms with E-state index in [2.05, 4.69) is 15.4 Å². The molecule has 0 amide bonds. The number of pyridine rings is 1. The molecule has 0 spiro atoms. The molecule has 0 aliphatic heterocycles. The summed E-state index contributed by atoms with van der Waals surface area (Å²) >= 11 is 0. The minimum absolute atomic E-state index is 0.460. The molecule has 1 aliphatic carbocycles. The van der Waals surface area contributed by atoms with Crippen molar-refractivity contribution >= 4 is 5.84 Å². The molecule has 4 heteroatoms. The van der Waals surface area contributed by atoms with Crippen molar-refractivity contribution in [3.05, 3.63) is 29.6 Å².